The van der Waals surface area contributed by atoms with Crippen molar-refractivity contribution in [2.24, 2.45) is 0 Å². The summed E-state index contributed by atoms with van der Waals surface area (Å²) in [6, 6.07) is 3.82. The number of esters is 1. The van der Waals surface area contributed by atoms with Crippen molar-refractivity contribution in [3.63, 3.8) is 0 Å². The van der Waals surface area contributed by atoms with E-state index in [1.54, 1.807) is 13.3 Å². The summed E-state index contributed by atoms with van der Waals surface area (Å²) in [4.78, 5) is 15.1. The largest absolute Gasteiger partial charge is 0.481 e. The second-order valence-electron chi connectivity index (χ2n) is 3.77. The Labute approximate surface area is 101 Å². The van der Waals surface area contributed by atoms with Crippen LogP contribution in [0, 0.1) is 0 Å². The Morgan fingerprint density at radius 2 is 2.24 bits per heavy atom. The highest BCUT2D eigenvalue weighted by atomic mass is 16.5. The van der Waals surface area contributed by atoms with Crippen molar-refractivity contribution in [3.05, 3.63) is 23.9 Å². The topological polar surface area (TPSA) is 60.5 Å². The molecular weight excluding hydrogens is 220 g/mol. The molecule has 0 aliphatic rings. The van der Waals surface area contributed by atoms with Gasteiger partial charge >= 0.3 is 5.97 Å². The minimum atomic E-state index is -0.210. The lowest BCUT2D eigenvalue weighted by Crippen LogP contribution is -2.28. The molecule has 1 aromatic rings. The van der Waals surface area contributed by atoms with Crippen LogP contribution in [-0.4, -0.2) is 31.2 Å². The number of rotatable bonds is 6. The Kier molecular flexibility index (Phi) is 5.42. The van der Waals surface area contributed by atoms with E-state index in [1.165, 1.54) is 7.11 Å². The summed E-state index contributed by atoms with van der Waals surface area (Å²) >= 11 is 0. The molecule has 0 amide bonds. The summed E-state index contributed by atoms with van der Waals surface area (Å²) in [5.41, 5.74) is 1.04. The molecule has 0 saturated carbocycles. The number of aromatic nitrogens is 1. The molecule has 1 aromatic heterocycles. The molecule has 1 heterocycles. The third-order valence-corrected chi connectivity index (χ3v) is 2.36. The first-order valence-electron chi connectivity index (χ1n) is 5.44. The lowest BCUT2D eigenvalue weighted by atomic mass is 10.2. The number of nitrogens with zero attached hydrogens (tertiary/aromatic N) is 1. The second-order valence-corrected chi connectivity index (χ2v) is 3.77. The van der Waals surface area contributed by atoms with Crippen molar-refractivity contribution in [1.82, 2.24) is 10.3 Å². The third-order valence-electron chi connectivity index (χ3n) is 2.36. The van der Waals surface area contributed by atoms with Crippen molar-refractivity contribution >= 4 is 5.97 Å². The molecule has 17 heavy (non-hydrogen) atoms. The third kappa shape index (κ3) is 4.82. The Balaban J connectivity index is 2.36. The van der Waals surface area contributed by atoms with E-state index in [0.29, 0.717) is 18.8 Å². The molecule has 5 nitrogen and oxygen atoms in total. The van der Waals surface area contributed by atoms with Gasteiger partial charge < -0.3 is 14.8 Å². The highest BCUT2D eigenvalue weighted by molar-refractivity contribution is 5.69. The van der Waals surface area contributed by atoms with Crippen molar-refractivity contribution in [1.29, 1.82) is 0 Å². The van der Waals surface area contributed by atoms with Gasteiger partial charge in [-0.3, -0.25) is 4.79 Å². The van der Waals surface area contributed by atoms with Gasteiger partial charge in [0.1, 0.15) is 0 Å². The minimum absolute atomic E-state index is 0.0737. The highest BCUT2D eigenvalue weighted by Gasteiger charge is 2.08. The molecule has 1 N–H and O–H groups in total. The number of pyridine rings is 1. The van der Waals surface area contributed by atoms with Gasteiger partial charge in [-0.2, -0.15) is 0 Å². The standard InChI is InChI=1S/C12H18N2O3/c1-9(6-12(15)17-3)13-7-10-4-5-11(16-2)14-8-10/h4-5,8-9,13H,6-7H2,1-3H3. The molecule has 0 spiro atoms. The Morgan fingerprint density at radius 3 is 2.76 bits per heavy atom. The predicted molar refractivity (Wildman–Crippen MR) is 63.7 cm³/mol. The van der Waals surface area contributed by atoms with Crippen LogP contribution in [0.5, 0.6) is 5.88 Å². The fraction of sp³-hybridized carbons (Fsp3) is 0.500. The number of carbonyl (C=O) groups is 1. The summed E-state index contributed by atoms with van der Waals surface area (Å²) in [6.07, 6.45) is 2.11. The molecule has 1 rings (SSSR count). The maximum Gasteiger partial charge on any atom is 0.307 e. The summed E-state index contributed by atoms with van der Waals surface area (Å²) in [5, 5.41) is 3.22. The molecule has 0 aliphatic carbocycles. The second kappa shape index (κ2) is 6.85. The SMILES string of the molecule is COC(=O)CC(C)NCc1ccc(OC)nc1. The van der Waals surface area contributed by atoms with E-state index in [4.69, 9.17) is 4.74 Å². The summed E-state index contributed by atoms with van der Waals surface area (Å²) in [5.74, 6) is 0.384. The number of ether oxygens (including phenoxy) is 2. The minimum Gasteiger partial charge on any atom is -0.481 e. The van der Waals surface area contributed by atoms with Crippen molar-refractivity contribution in [2.75, 3.05) is 14.2 Å². The van der Waals surface area contributed by atoms with Crippen LogP contribution in [0.4, 0.5) is 0 Å². The van der Waals surface area contributed by atoms with Crippen LogP contribution in [0.1, 0.15) is 18.9 Å². The number of nitrogens with one attached hydrogen (secondary N) is 1. The van der Waals surface area contributed by atoms with Crippen LogP contribution in [0.15, 0.2) is 18.3 Å². The quantitative estimate of drug-likeness (QED) is 0.753. The van der Waals surface area contributed by atoms with Crippen LogP contribution in [-0.2, 0) is 16.1 Å². The molecule has 1 unspecified atom stereocenters. The van der Waals surface area contributed by atoms with E-state index in [1.807, 2.05) is 19.1 Å². The number of carbonyl (C=O) groups excluding carboxylic acids is 1. The maximum atomic E-state index is 11.0. The normalized spacial score (nSPS) is 11.9. The van der Waals surface area contributed by atoms with Crippen molar-refractivity contribution in [3.8, 4) is 5.88 Å². The fourth-order valence-electron chi connectivity index (χ4n) is 1.33. The molecular formula is C12H18N2O3. The van der Waals surface area contributed by atoms with Gasteiger partial charge in [0.15, 0.2) is 0 Å². The predicted octanol–water partition coefficient (Wildman–Crippen LogP) is 1.13. The van der Waals surface area contributed by atoms with E-state index >= 15 is 0 Å². The van der Waals surface area contributed by atoms with Gasteiger partial charge in [0, 0.05) is 24.8 Å². The monoisotopic (exact) mass is 238 g/mol. The summed E-state index contributed by atoms with van der Waals surface area (Å²) in [7, 11) is 2.97. The smallest absolute Gasteiger partial charge is 0.307 e. The van der Waals surface area contributed by atoms with Crippen molar-refractivity contribution in [2.45, 2.75) is 25.9 Å². The molecule has 5 heteroatoms. The van der Waals surface area contributed by atoms with Gasteiger partial charge in [-0.05, 0) is 12.5 Å². The molecule has 0 saturated heterocycles. The van der Waals surface area contributed by atoms with Crippen LogP contribution < -0.4 is 10.1 Å². The first-order chi connectivity index (χ1) is 8.15. The van der Waals surface area contributed by atoms with Gasteiger partial charge in [-0.15, -0.1) is 0 Å². The molecule has 0 aromatic carbocycles. The summed E-state index contributed by atoms with van der Waals surface area (Å²) < 4.78 is 9.56. The zero-order chi connectivity index (χ0) is 12.7. The zero-order valence-electron chi connectivity index (χ0n) is 10.4. The highest BCUT2D eigenvalue weighted by Crippen LogP contribution is 2.06. The molecule has 0 bridgehead atoms. The van der Waals surface area contributed by atoms with Gasteiger partial charge in [0.2, 0.25) is 5.88 Å². The Morgan fingerprint density at radius 1 is 1.47 bits per heavy atom. The number of methoxy groups -OCH3 is 2. The number of hydrogen-bond donors (Lipinski definition) is 1. The van der Waals surface area contributed by atoms with Gasteiger partial charge in [0.25, 0.3) is 0 Å². The van der Waals surface area contributed by atoms with Crippen LogP contribution >= 0.6 is 0 Å². The van der Waals surface area contributed by atoms with Crippen LogP contribution in [0.3, 0.4) is 0 Å². The average molecular weight is 238 g/mol. The lowest BCUT2D eigenvalue weighted by Gasteiger charge is -2.12. The molecule has 0 radical (unpaired) electrons. The Bertz CT molecular complexity index is 351. The van der Waals surface area contributed by atoms with Crippen LogP contribution in [0.2, 0.25) is 0 Å². The summed E-state index contributed by atoms with van der Waals surface area (Å²) in [6.45, 7) is 2.60. The van der Waals surface area contributed by atoms with Gasteiger partial charge in [0.05, 0.1) is 20.6 Å². The Hall–Kier alpha value is -1.62. The van der Waals surface area contributed by atoms with E-state index in [9.17, 15) is 4.79 Å². The number of hydrogen-bond acceptors (Lipinski definition) is 5. The van der Waals surface area contributed by atoms with Gasteiger partial charge in [-0.1, -0.05) is 6.07 Å². The first kappa shape index (κ1) is 13.4. The van der Waals surface area contributed by atoms with E-state index < -0.39 is 0 Å². The first-order valence-corrected chi connectivity index (χ1v) is 5.44. The van der Waals surface area contributed by atoms with E-state index in [2.05, 4.69) is 15.0 Å². The maximum absolute atomic E-state index is 11.0. The van der Waals surface area contributed by atoms with Gasteiger partial charge in [-0.25, -0.2) is 4.98 Å². The molecule has 0 aliphatic heterocycles. The molecule has 94 valence electrons. The lowest BCUT2D eigenvalue weighted by molar-refractivity contribution is -0.141. The average Bonchev–Trinajstić information content (AvgIpc) is 2.36. The van der Waals surface area contributed by atoms with E-state index in [0.717, 1.165) is 5.56 Å². The van der Waals surface area contributed by atoms with Crippen LogP contribution in [0.25, 0.3) is 0 Å². The molecule has 0 fully saturated rings. The zero-order valence-corrected chi connectivity index (χ0v) is 10.4. The molecule has 1 atom stereocenters. The van der Waals surface area contributed by atoms with Crippen molar-refractivity contribution < 1.29 is 14.3 Å². The fourth-order valence-corrected chi connectivity index (χ4v) is 1.33. The van der Waals surface area contributed by atoms with E-state index in [-0.39, 0.29) is 12.0 Å².